The fraction of sp³-hybridized carbons (Fsp3) is 0.158. The molecule has 4 aromatic rings. The van der Waals surface area contributed by atoms with E-state index < -0.39 is 0 Å². The third-order valence-electron chi connectivity index (χ3n) is 4.12. The molecule has 0 spiro atoms. The molecule has 0 atom stereocenters. The number of aromatic nitrogens is 5. The Balaban J connectivity index is 0.00000140. The van der Waals surface area contributed by atoms with Crippen molar-refractivity contribution in [3.05, 3.63) is 72.6 Å². The molecule has 9 heteroatoms. The van der Waals surface area contributed by atoms with Gasteiger partial charge in [-0.2, -0.15) is 5.10 Å². The molecule has 0 unspecified atom stereocenters. The minimum atomic E-state index is 0. The molecule has 0 fully saturated rings. The number of para-hydroxylation sites is 2. The van der Waals surface area contributed by atoms with Crippen LogP contribution in [0.15, 0.2) is 61.2 Å². The topological polar surface area (TPSA) is 94.5 Å². The van der Waals surface area contributed by atoms with E-state index in [2.05, 4.69) is 31.4 Å². The van der Waals surface area contributed by atoms with E-state index in [1.807, 2.05) is 42.5 Å². The Hall–Kier alpha value is -2.74. The Bertz CT molecular complexity index is 1020. The van der Waals surface area contributed by atoms with Gasteiger partial charge in [0.05, 0.1) is 11.2 Å². The summed E-state index contributed by atoms with van der Waals surface area (Å²) in [6.45, 7) is 1.13. The van der Waals surface area contributed by atoms with E-state index in [0.717, 1.165) is 33.8 Å². The summed E-state index contributed by atoms with van der Waals surface area (Å²) in [5, 5.41) is 8.67. The first kappa shape index (κ1) is 21.6. The largest absolute Gasteiger partial charge is 0.365 e. The second-order valence-electron chi connectivity index (χ2n) is 5.87. The van der Waals surface area contributed by atoms with Crippen LogP contribution in [0.4, 0.5) is 5.82 Å². The van der Waals surface area contributed by atoms with Crippen LogP contribution < -0.4 is 11.1 Å². The van der Waals surface area contributed by atoms with E-state index in [9.17, 15) is 0 Å². The van der Waals surface area contributed by atoms with E-state index in [0.29, 0.717) is 19.5 Å². The first-order chi connectivity index (χ1) is 12.8. The van der Waals surface area contributed by atoms with Crippen LogP contribution in [-0.4, -0.2) is 31.3 Å². The lowest BCUT2D eigenvalue weighted by atomic mass is 10.1. The van der Waals surface area contributed by atoms with Crippen LogP contribution in [0.25, 0.3) is 16.6 Å². The summed E-state index contributed by atoms with van der Waals surface area (Å²) in [6.07, 6.45) is 3.87. The van der Waals surface area contributed by atoms with Crippen molar-refractivity contribution >= 4 is 41.5 Å². The molecule has 146 valence electrons. The molecule has 0 aliphatic heterocycles. The number of nitrogens with zero attached hydrogens (tertiary/aromatic N) is 5. The summed E-state index contributed by atoms with van der Waals surface area (Å²) in [5.74, 6) is 1.56. The zero-order valence-electron chi connectivity index (χ0n) is 15.0. The number of rotatable bonds is 6. The average Bonchev–Trinajstić information content (AvgIpc) is 3.21. The third kappa shape index (κ3) is 4.56. The molecular weight excluding hydrogens is 397 g/mol. The molecule has 0 amide bonds. The summed E-state index contributed by atoms with van der Waals surface area (Å²) < 4.78 is 1.76. The Morgan fingerprint density at radius 3 is 2.54 bits per heavy atom. The first-order valence-corrected chi connectivity index (χ1v) is 8.47. The van der Waals surface area contributed by atoms with Crippen LogP contribution in [0.1, 0.15) is 11.4 Å². The average molecular weight is 418 g/mol. The highest BCUT2D eigenvalue weighted by atomic mass is 35.5. The fourth-order valence-corrected chi connectivity index (χ4v) is 2.90. The van der Waals surface area contributed by atoms with Gasteiger partial charge in [0.1, 0.15) is 24.3 Å². The standard InChI is InChI=1S/C19H19N7.2ClH/c20-10-9-18-24-16-7-3-2-6-15(16)19(25-18)22-11-14-5-1-4-8-17(14)26-13-21-12-23-26;;/h1-8,12-13H,9-11,20H2,(H,22,24,25);2*1H. The molecule has 28 heavy (non-hydrogen) atoms. The monoisotopic (exact) mass is 417 g/mol. The number of fused-ring (bicyclic) bond motifs is 1. The van der Waals surface area contributed by atoms with Gasteiger partial charge in [-0.25, -0.2) is 19.6 Å². The molecule has 0 aliphatic rings. The van der Waals surface area contributed by atoms with Crippen molar-refractivity contribution in [2.75, 3.05) is 11.9 Å². The third-order valence-corrected chi connectivity index (χ3v) is 4.12. The van der Waals surface area contributed by atoms with Gasteiger partial charge in [0, 0.05) is 18.4 Å². The van der Waals surface area contributed by atoms with E-state index in [1.54, 1.807) is 11.0 Å². The van der Waals surface area contributed by atoms with Gasteiger partial charge in [-0.1, -0.05) is 30.3 Å². The highest BCUT2D eigenvalue weighted by molar-refractivity contribution is 5.89. The highest BCUT2D eigenvalue weighted by Gasteiger charge is 2.09. The van der Waals surface area contributed by atoms with Gasteiger partial charge in [-0.15, -0.1) is 24.8 Å². The Labute approximate surface area is 175 Å². The van der Waals surface area contributed by atoms with Gasteiger partial charge < -0.3 is 11.1 Å². The van der Waals surface area contributed by atoms with E-state index in [-0.39, 0.29) is 24.8 Å². The number of nitrogens with two attached hydrogens (primary N) is 1. The van der Waals surface area contributed by atoms with E-state index >= 15 is 0 Å². The predicted molar refractivity (Wildman–Crippen MR) is 115 cm³/mol. The zero-order chi connectivity index (χ0) is 17.8. The number of halogens is 2. The number of hydrogen-bond acceptors (Lipinski definition) is 6. The molecule has 0 bridgehead atoms. The summed E-state index contributed by atoms with van der Waals surface area (Å²) in [7, 11) is 0. The molecule has 7 nitrogen and oxygen atoms in total. The van der Waals surface area contributed by atoms with E-state index in [1.165, 1.54) is 6.33 Å². The van der Waals surface area contributed by atoms with Crippen LogP contribution in [0.2, 0.25) is 0 Å². The van der Waals surface area contributed by atoms with Crippen molar-refractivity contribution in [2.24, 2.45) is 5.73 Å². The molecule has 2 aromatic heterocycles. The Kier molecular flexibility index (Phi) is 7.69. The lowest BCUT2D eigenvalue weighted by Crippen LogP contribution is -2.11. The maximum Gasteiger partial charge on any atom is 0.138 e. The number of nitrogens with one attached hydrogen (secondary N) is 1. The van der Waals surface area contributed by atoms with Crippen LogP contribution in [-0.2, 0) is 13.0 Å². The summed E-state index contributed by atoms with van der Waals surface area (Å²) in [4.78, 5) is 13.3. The minimum absolute atomic E-state index is 0. The van der Waals surface area contributed by atoms with Crippen molar-refractivity contribution in [1.82, 2.24) is 24.7 Å². The molecule has 2 aromatic carbocycles. The molecule has 0 saturated heterocycles. The number of anilines is 1. The number of hydrogen-bond donors (Lipinski definition) is 2. The van der Waals surface area contributed by atoms with Gasteiger partial charge in [0.15, 0.2) is 0 Å². The highest BCUT2D eigenvalue weighted by Crippen LogP contribution is 2.22. The van der Waals surface area contributed by atoms with Crippen molar-refractivity contribution < 1.29 is 0 Å². The molecule has 0 saturated carbocycles. The van der Waals surface area contributed by atoms with Gasteiger partial charge in [0.25, 0.3) is 0 Å². The van der Waals surface area contributed by atoms with Gasteiger partial charge in [0.2, 0.25) is 0 Å². The lowest BCUT2D eigenvalue weighted by Gasteiger charge is -2.13. The van der Waals surface area contributed by atoms with Crippen LogP contribution in [0.3, 0.4) is 0 Å². The summed E-state index contributed by atoms with van der Waals surface area (Å²) in [6, 6.07) is 16.1. The van der Waals surface area contributed by atoms with Crippen molar-refractivity contribution in [1.29, 1.82) is 0 Å². The molecular formula is C19H21Cl2N7. The van der Waals surface area contributed by atoms with Gasteiger partial charge in [-0.3, -0.25) is 0 Å². The maximum absolute atomic E-state index is 5.68. The van der Waals surface area contributed by atoms with Crippen molar-refractivity contribution in [3.63, 3.8) is 0 Å². The lowest BCUT2D eigenvalue weighted by molar-refractivity contribution is 0.858. The van der Waals surface area contributed by atoms with Crippen molar-refractivity contribution in [2.45, 2.75) is 13.0 Å². The van der Waals surface area contributed by atoms with Gasteiger partial charge in [-0.05, 0) is 30.3 Å². The first-order valence-electron chi connectivity index (χ1n) is 8.47. The zero-order valence-corrected chi connectivity index (χ0v) is 16.7. The quantitative estimate of drug-likeness (QED) is 0.500. The minimum Gasteiger partial charge on any atom is -0.365 e. The van der Waals surface area contributed by atoms with Crippen LogP contribution in [0.5, 0.6) is 0 Å². The fourth-order valence-electron chi connectivity index (χ4n) is 2.90. The van der Waals surface area contributed by atoms with Gasteiger partial charge >= 0.3 is 0 Å². The Morgan fingerprint density at radius 2 is 1.75 bits per heavy atom. The Morgan fingerprint density at radius 1 is 0.964 bits per heavy atom. The predicted octanol–water partition coefficient (Wildman–Crippen LogP) is 3.17. The summed E-state index contributed by atoms with van der Waals surface area (Å²) >= 11 is 0. The molecule has 2 heterocycles. The normalized spacial score (nSPS) is 10.2. The second kappa shape index (κ2) is 9.98. The smallest absolute Gasteiger partial charge is 0.138 e. The van der Waals surface area contributed by atoms with Crippen LogP contribution >= 0.6 is 24.8 Å². The summed E-state index contributed by atoms with van der Waals surface area (Å²) in [5.41, 5.74) is 8.68. The molecule has 4 rings (SSSR count). The van der Waals surface area contributed by atoms with Crippen LogP contribution in [0, 0.1) is 0 Å². The molecule has 0 radical (unpaired) electrons. The second-order valence-corrected chi connectivity index (χ2v) is 5.87. The molecule has 0 aliphatic carbocycles. The van der Waals surface area contributed by atoms with E-state index in [4.69, 9.17) is 5.73 Å². The SMILES string of the molecule is Cl.Cl.NCCc1nc(NCc2ccccc2-n2cncn2)c2ccccc2n1. The number of benzene rings is 2. The maximum atomic E-state index is 5.68. The van der Waals surface area contributed by atoms with Crippen molar-refractivity contribution in [3.8, 4) is 5.69 Å². The molecule has 3 N–H and O–H groups in total.